The summed E-state index contributed by atoms with van der Waals surface area (Å²) in [4.78, 5) is 2.16. The topological polar surface area (TPSA) is 23.5 Å². The maximum Gasteiger partial charge on any atom is 0.0763 e. The molecule has 0 fully saturated rings. The third-order valence-electron chi connectivity index (χ3n) is 1.59. The summed E-state index contributed by atoms with van der Waals surface area (Å²) in [7, 11) is 2.04. The summed E-state index contributed by atoms with van der Waals surface area (Å²) in [6, 6.07) is 0. The lowest BCUT2D eigenvalue weighted by Gasteiger charge is -2.18. The van der Waals surface area contributed by atoms with Gasteiger partial charge >= 0.3 is 0 Å². The second kappa shape index (κ2) is 7.07. The Hall–Kier alpha value is 0.400. The molecule has 1 unspecified atom stereocenters. The van der Waals surface area contributed by atoms with Crippen LogP contribution in [0, 0.1) is 0 Å². The molecule has 0 aromatic rings. The minimum atomic E-state index is -0.225. The number of hydrogen-bond donors (Lipinski definition) is 1. The van der Waals surface area contributed by atoms with Crippen molar-refractivity contribution in [1.29, 1.82) is 0 Å². The smallest absolute Gasteiger partial charge is 0.0763 e. The fourth-order valence-electron chi connectivity index (χ4n) is 0.928. The zero-order valence-electron chi connectivity index (χ0n) is 7.39. The largest absolute Gasteiger partial charge is 0.391 e. The van der Waals surface area contributed by atoms with Crippen LogP contribution >= 0.6 is 15.9 Å². The lowest BCUT2D eigenvalue weighted by atomic mass is 10.3. The molecule has 0 amide bonds. The van der Waals surface area contributed by atoms with Crippen LogP contribution in [0.1, 0.15) is 19.8 Å². The summed E-state index contributed by atoms with van der Waals surface area (Å²) >= 11 is 3.23. The first-order valence-corrected chi connectivity index (χ1v) is 5.25. The Morgan fingerprint density at radius 3 is 2.64 bits per heavy atom. The van der Waals surface area contributed by atoms with E-state index in [-0.39, 0.29) is 6.10 Å². The summed E-state index contributed by atoms with van der Waals surface area (Å²) in [5.74, 6) is 0. The van der Waals surface area contributed by atoms with Crippen molar-refractivity contribution in [3.63, 3.8) is 0 Å². The maximum absolute atomic E-state index is 9.24. The Morgan fingerprint density at radius 2 is 2.18 bits per heavy atom. The highest BCUT2D eigenvalue weighted by Gasteiger charge is 2.04. The minimum absolute atomic E-state index is 0.225. The van der Waals surface area contributed by atoms with E-state index in [2.05, 4.69) is 27.8 Å². The Morgan fingerprint density at radius 1 is 1.55 bits per heavy atom. The van der Waals surface area contributed by atoms with Crippen LogP contribution in [0.5, 0.6) is 0 Å². The average molecular weight is 224 g/mol. The van der Waals surface area contributed by atoms with Gasteiger partial charge in [0.2, 0.25) is 0 Å². The molecule has 1 N–H and O–H groups in total. The third-order valence-corrected chi connectivity index (χ3v) is 2.34. The molecule has 0 spiro atoms. The summed E-state index contributed by atoms with van der Waals surface area (Å²) in [5.41, 5.74) is 0. The molecule has 11 heavy (non-hydrogen) atoms. The number of aliphatic hydroxyl groups is 1. The molecule has 0 radical (unpaired) electrons. The highest BCUT2D eigenvalue weighted by atomic mass is 79.9. The Labute approximate surface area is 77.7 Å². The van der Waals surface area contributed by atoms with Crippen molar-refractivity contribution in [3.05, 3.63) is 0 Å². The summed E-state index contributed by atoms with van der Waals surface area (Å²) < 4.78 is 0. The van der Waals surface area contributed by atoms with Crippen molar-refractivity contribution in [1.82, 2.24) is 4.90 Å². The van der Waals surface area contributed by atoms with Gasteiger partial charge in [-0.3, -0.25) is 0 Å². The summed E-state index contributed by atoms with van der Waals surface area (Å²) in [6.45, 7) is 4.03. The molecule has 0 aromatic heterocycles. The number of rotatable bonds is 6. The molecule has 2 nitrogen and oxygen atoms in total. The maximum atomic E-state index is 9.24. The lowest BCUT2D eigenvalue weighted by molar-refractivity contribution is 0.145. The number of aliphatic hydroxyl groups excluding tert-OH is 1. The first-order valence-electron chi connectivity index (χ1n) is 4.13. The number of hydrogen-bond acceptors (Lipinski definition) is 2. The highest BCUT2D eigenvalue weighted by molar-refractivity contribution is 9.09. The van der Waals surface area contributed by atoms with Crippen LogP contribution in [-0.2, 0) is 0 Å². The van der Waals surface area contributed by atoms with Crippen molar-refractivity contribution in [2.24, 2.45) is 0 Å². The summed E-state index contributed by atoms with van der Waals surface area (Å²) in [6.07, 6.45) is 2.21. The van der Waals surface area contributed by atoms with Crippen molar-refractivity contribution >= 4 is 15.9 Å². The zero-order chi connectivity index (χ0) is 8.69. The van der Waals surface area contributed by atoms with Gasteiger partial charge in [0.05, 0.1) is 6.10 Å². The predicted octanol–water partition coefficient (Wildman–Crippen LogP) is 1.47. The molecule has 0 bridgehead atoms. The van der Waals surface area contributed by atoms with Gasteiger partial charge in [0, 0.05) is 11.9 Å². The van der Waals surface area contributed by atoms with E-state index in [1.54, 1.807) is 0 Å². The summed E-state index contributed by atoms with van der Waals surface area (Å²) in [5, 5.41) is 9.91. The van der Waals surface area contributed by atoms with Crippen LogP contribution in [0.25, 0.3) is 0 Å². The van der Waals surface area contributed by atoms with Crippen LogP contribution < -0.4 is 0 Å². The molecule has 0 rings (SSSR count). The van der Waals surface area contributed by atoms with Gasteiger partial charge in [0.25, 0.3) is 0 Å². The molecule has 1 atom stereocenters. The second-order valence-corrected chi connectivity index (χ2v) is 3.57. The zero-order valence-corrected chi connectivity index (χ0v) is 8.97. The van der Waals surface area contributed by atoms with E-state index in [0.29, 0.717) is 5.33 Å². The molecular formula is C8H18BrNO. The predicted molar refractivity (Wildman–Crippen MR) is 52.2 cm³/mol. The number of halogens is 1. The minimum Gasteiger partial charge on any atom is -0.391 e. The van der Waals surface area contributed by atoms with E-state index >= 15 is 0 Å². The van der Waals surface area contributed by atoms with Crippen LogP contribution in [-0.4, -0.2) is 41.6 Å². The van der Waals surface area contributed by atoms with Gasteiger partial charge in [-0.05, 0) is 20.0 Å². The highest BCUT2D eigenvalue weighted by Crippen LogP contribution is 1.96. The average Bonchev–Trinajstić information content (AvgIpc) is 2.00. The van der Waals surface area contributed by atoms with Crippen molar-refractivity contribution in [2.75, 3.05) is 25.5 Å². The normalized spacial score (nSPS) is 13.9. The van der Waals surface area contributed by atoms with E-state index in [0.717, 1.165) is 13.1 Å². The van der Waals surface area contributed by atoms with Gasteiger partial charge in [-0.15, -0.1) is 0 Å². The quantitative estimate of drug-likeness (QED) is 0.690. The molecule has 0 heterocycles. The van der Waals surface area contributed by atoms with Gasteiger partial charge in [-0.2, -0.15) is 0 Å². The van der Waals surface area contributed by atoms with E-state index < -0.39 is 0 Å². The van der Waals surface area contributed by atoms with Crippen molar-refractivity contribution in [2.45, 2.75) is 25.9 Å². The SMILES string of the molecule is CCCCN(C)CC(O)CBr. The van der Waals surface area contributed by atoms with Crippen LogP contribution in [0.3, 0.4) is 0 Å². The number of alkyl halides is 1. The number of nitrogens with zero attached hydrogens (tertiary/aromatic N) is 1. The molecule has 0 aromatic carbocycles. The molecule has 68 valence electrons. The molecule has 0 aliphatic carbocycles. The Kier molecular flexibility index (Phi) is 7.33. The van der Waals surface area contributed by atoms with Gasteiger partial charge in [0.15, 0.2) is 0 Å². The van der Waals surface area contributed by atoms with Crippen molar-refractivity contribution in [3.8, 4) is 0 Å². The lowest BCUT2D eigenvalue weighted by Crippen LogP contribution is -2.30. The second-order valence-electron chi connectivity index (χ2n) is 2.92. The number of unbranched alkanes of at least 4 members (excludes halogenated alkanes) is 1. The number of likely N-dealkylation sites (N-methyl/N-ethyl adjacent to an activating group) is 1. The Bertz CT molecular complexity index is 90.2. The first-order chi connectivity index (χ1) is 5.20. The van der Waals surface area contributed by atoms with Gasteiger partial charge in [-0.1, -0.05) is 29.3 Å². The Balaban J connectivity index is 3.27. The van der Waals surface area contributed by atoms with Crippen LogP contribution in [0.4, 0.5) is 0 Å². The van der Waals surface area contributed by atoms with E-state index in [4.69, 9.17) is 0 Å². The monoisotopic (exact) mass is 223 g/mol. The molecule has 0 aliphatic heterocycles. The van der Waals surface area contributed by atoms with E-state index in [1.165, 1.54) is 12.8 Å². The molecule has 0 saturated carbocycles. The van der Waals surface area contributed by atoms with Crippen LogP contribution in [0.2, 0.25) is 0 Å². The van der Waals surface area contributed by atoms with Crippen LogP contribution in [0.15, 0.2) is 0 Å². The fourth-order valence-corrected chi connectivity index (χ4v) is 1.13. The standard InChI is InChI=1S/C8H18BrNO/c1-3-4-5-10(2)7-8(11)6-9/h8,11H,3-7H2,1-2H3. The van der Waals surface area contributed by atoms with Crippen molar-refractivity contribution < 1.29 is 5.11 Å². The molecular weight excluding hydrogens is 206 g/mol. The molecule has 0 saturated heterocycles. The van der Waals surface area contributed by atoms with Gasteiger partial charge < -0.3 is 10.0 Å². The van der Waals surface area contributed by atoms with Gasteiger partial charge in [0.1, 0.15) is 0 Å². The van der Waals surface area contributed by atoms with Gasteiger partial charge in [-0.25, -0.2) is 0 Å². The first kappa shape index (κ1) is 11.4. The fraction of sp³-hybridized carbons (Fsp3) is 1.00. The third kappa shape index (κ3) is 6.78. The molecule has 3 heteroatoms. The molecule has 0 aliphatic rings. The van der Waals surface area contributed by atoms with E-state index in [1.807, 2.05) is 7.05 Å². The van der Waals surface area contributed by atoms with E-state index in [9.17, 15) is 5.11 Å².